The standard InChI is InChI=1S/C51H36N2/c1-2-38-39(34-16-5-3-6-17-34)26-15-27-45(52-51(38)37-20-7-4-8-21-37)43-30-33-46(44-25-14-13-24-42(43)44)53-47-31-28-35-18-9-11-22-40(35)49(47)50-41-23-12-10-19-36(41)29-32-48(50)53/h3-33H,2H2,1H3/b26-15?,27-15+,39-26-,39-38?,45-27?,51-38-,52-45-,52-51?. The molecule has 0 spiro atoms. The van der Waals surface area contributed by atoms with Gasteiger partial charge in [0.1, 0.15) is 0 Å². The van der Waals surface area contributed by atoms with Gasteiger partial charge in [-0.05, 0) is 74.3 Å². The number of benzene rings is 8. The summed E-state index contributed by atoms with van der Waals surface area (Å²) in [5, 5.41) is 9.99. The highest BCUT2D eigenvalue weighted by Gasteiger charge is 2.21. The van der Waals surface area contributed by atoms with Crippen LogP contribution in [0.15, 0.2) is 199 Å². The molecule has 250 valence electrons. The highest BCUT2D eigenvalue weighted by atomic mass is 15.0. The van der Waals surface area contributed by atoms with Crippen LogP contribution in [0.2, 0.25) is 0 Å². The van der Waals surface area contributed by atoms with Crippen molar-refractivity contribution in [3.05, 3.63) is 210 Å². The summed E-state index contributed by atoms with van der Waals surface area (Å²) in [5.74, 6) is 0. The highest BCUT2D eigenvalue weighted by Crippen LogP contribution is 2.42. The molecule has 2 heterocycles. The first-order valence-corrected chi connectivity index (χ1v) is 18.5. The molecule has 0 saturated heterocycles. The molecular formula is C51H36N2. The van der Waals surface area contributed by atoms with Gasteiger partial charge in [-0.1, -0.05) is 171 Å². The first-order valence-electron chi connectivity index (χ1n) is 18.5. The predicted octanol–water partition coefficient (Wildman–Crippen LogP) is 13.5. The van der Waals surface area contributed by atoms with Gasteiger partial charge in [-0.25, -0.2) is 4.99 Å². The van der Waals surface area contributed by atoms with Crippen molar-refractivity contribution in [3.8, 4) is 5.69 Å². The maximum absolute atomic E-state index is 5.58. The normalized spacial score (nSPS) is 17.5. The van der Waals surface area contributed by atoms with Crippen LogP contribution in [0, 0.1) is 0 Å². The minimum atomic E-state index is 0.854. The molecule has 2 heteroatoms. The quantitative estimate of drug-likeness (QED) is 0.173. The summed E-state index contributed by atoms with van der Waals surface area (Å²) in [5.41, 5.74) is 11.4. The summed E-state index contributed by atoms with van der Waals surface area (Å²) in [6, 6.07) is 61.4. The summed E-state index contributed by atoms with van der Waals surface area (Å²) in [4.78, 5) is 5.58. The zero-order chi connectivity index (χ0) is 35.3. The maximum Gasteiger partial charge on any atom is 0.0747 e. The molecule has 53 heavy (non-hydrogen) atoms. The van der Waals surface area contributed by atoms with E-state index in [1.807, 2.05) is 0 Å². The summed E-state index contributed by atoms with van der Waals surface area (Å²) < 4.78 is 2.48. The fourth-order valence-electron chi connectivity index (χ4n) is 8.43. The number of aromatic nitrogens is 1. The van der Waals surface area contributed by atoms with Crippen molar-refractivity contribution < 1.29 is 0 Å². The summed E-state index contributed by atoms with van der Waals surface area (Å²) in [6.07, 6.45) is 7.46. The molecule has 9 aromatic rings. The molecular weight excluding hydrogens is 641 g/mol. The third-order valence-electron chi connectivity index (χ3n) is 10.8. The number of rotatable bonds is 5. The third kappa shape index (κ3) is 5.06. The summed E-state index contributed by atoms with van der Waals surface area (Å²) in [6.45, 7) is 2.23. The first-order chi connectivity index (χ1) is 26.3. The van der Waals surface area contributed by atoms with Crippen LogP contribution >= 0.6 is 0 Å². The predicted molar refractivity (Wildman–Crippen MR) is 227 cm³/mol. The number of hydrogen-bond donors (Lipinski definition) is 0. The lowest BCUT2D eigenvalue weighted by molar-refractivity contribution is 1.15. The first kappa shape index (κ1) is 31.0. The fourth-order valence-corrected chi connectivity index (χ4v) is 8.43. The van der Waals surface area contributed by atoms with E-state index in [2.05, 4.69) is 200 Å². The molecule has 10 rings (SSSR count). The van der Waals surface area contributed by atoms with Crippen LogP contribution < -0.4 is 0 Å². The molecule has 0 radical (unpaired) electrons. The van der Waals surface area contributed by atoms with Gasteiger partial charge in [0.25, 0.3) is 0 Å². The average molecular weight is 677 g/mol. The molecule has 0 aliphatic carbocycles. The second kappa shape index (κ2) is 12.8. The smallest absolute Gasteiger partial charge is 0.0747 e. The van der Waals surface area contributed by atoms with E-state index in [9.17, 15) is 0 Å². The Hall–Kier alpha value is -6.77. The molecule has 1 aliphatic rings. The average Bonchev–Trinajstić information content (AvgIpc) is 3.56. The Kier molecular flexibility index (Phi) is 7.47. The number of aliphatic imine (C=N–C) groups is 1. The van der Waals surface area contributed by atoms with Gasteiger partial charge in [-0.15, -0.1) is 0 Å². The van der Waals surface area contributed by atoms with E-state index in [1.165, 1.54) is 70.8 Å². The molecule has 0 N–H and O–H groups in total. The largest absolute Gasteiger partial charge is 0.309 e. The van der Waals surface area contributed by atoms with Crippen molar-refractivity contribution in [2.45, 2.75) is 13.3 Å². The number of allylic oxidation sites excluding steroid dienone is 5. The van der Waals surface area contributed by atoms with Crippen LogP contribution in [0.1, 0.15) is 30.0 Å². The summed E-state index contributed by atoms with van der Waals surface area (Å²) in [7, 11) is 0. The van der Waals surface area contributed by atoms with Crippen molar-refractivity contribution >= 4 is 71.1 Å². The Bertz CT molecular complexity index is 2920. The Morgan fingerprint density at radius 3 is 1.66 bits per heavy atom. The second-order valence-electron chi connectivity index (χ2n) is 13.7. The van der Waals surface area contributed by atoms with Gasteiger partial charge in [-0.3, -0.25) is 0 Å². The van der Waals surface area contributed by atoms with Gasteiger partial charge in [0, 0.05) is 27.3 Å². The highest BCUT2D eigenvalue weighted by molar-refractivity contribution is 6.29. The van der Waals surface area contributed by atoms with E-state index >= 15 is 0 Å². The Morgan fingerprint density at radius 1 is 0.491 bits per heavy atom. The van der Waals surface area contributed by atoms with Crippen LogP contribution in [-0.4, -0.2) is 10.3 Å². The topological polar surface area (TPSA) is 17.3 Å². The monoisotopic (exact) mass is 676 g/mol. The molecule has 8 aromatic carbocycles. The lowest BCUT2D eigenvalue weighted by Crippen LogP contribution is -2.05. The molecule has 1 aromatic heterocycles. The van der Waals surface area contributed by atoms with Gasteiger partial charge in [0.15, 0.2) is 0 Å². The van der Waals surface area contributed by atoms with Crippen LogP contribution in [0.5, 0.6) is 0 Å². The number of hydrogen-bond acceptors (Lipinski definition) is 1. The van der Waals surface area contributed by atoms with Crippen LogP contribution in [0.4, 0.5) is 0 Å². The van der Waals surface area contributed by atoms with Crippen LogP contribution in [0.25, 0.3) is 71.1 Å². The van der Waals surface area contributed by atoms with Gasteiger partial charge in [0.05, 0.1) is 28.1 Å². The molecule has 1 aliphatic heterocycles. The van der Waals surface area contributed by atoms with Crippen LogP contribution in [-0.2, 0) is 0 Å². The minimum absolute atomic E-state index is 0.854. The van der Waals surface area contributed by atoms with E-state index in [-0.39, 0.29) is 0 Å². The molecule has 0 bridgehead atoms. The Morgan fingerprint density at radius 2 is 1.04 bits per heavy atom. The fraction of sp³-hybridized carbons (Fsp3) is 0.0392. The third-order valence-corrected chi connectivity index (χ3v) is 10.8. The molecule has 0 atom stereocenters. The van der Waals surface area contributed by atoms with E-state index in [1.54, 1.807) is 0 Å². The lowest BCUT2D eigenvalue weighted by Gasteiger charge is -2.19. The molecule has 0 amide bonds. The SMILES string of the molecule is CCC1=C(c2ccccc2)/N=C(c2ccc(-n3c4ccc5ccccc5c4c4c5ccccc5ccc43)c3ccccc23)/C=C/C=C\1c1ccccc1. The molecule has 0 fully saturated rings. The van der Waals surface area contributed by atoms with E-state index in [0.29, 0.717) is 0 Å². The van der Waals surface area contributed by atoms with Crippen LogP contribution in [0.3, 0.4) is 0 Å². The molecule has 0 saturated carbocycles. The Balaban J connectivity index is 1.24. The van der Waals surface area contributed by atoms with Crippen molar-refractivity contribution in [1.82, 2.24) is 4.57 Å². The Labute approximate surface area is 309 Å². The van der Waals surface area contributed by atoms with E-state index < -0.39 is 0 Å². The van der Waals surface area contributed by atoms with Crippen molar-refractivity contribution in [2.24, 2.45) is 4.99 Å². The zero-order valence-electron chi connectivity index (χ0n) is 29.5. The number of nitrogens with zero attached hydrogens (tertiary/aromatic N) is 2. The van der Waals surface area contributed by atoms with Gasteiger partial charge in [-0.2, -0.15) is 0 Å². The summed E-state index contributed by atoms with van der Waals surface area (Å²) >= 11 is 0. The van der Waals surface area contributed by atoms with E-state index in [0.717, 1.165) is 34.6 Å². The zero-order valence-corrected chi connectivity index (χ0v) is 29.5. The second-order valence-corrected chi connectivity index (χ2v) is 13.7. The van der Waals surface area contributed by atoms with E-state index in [4.69, 9.17) is 4.99 Å². The number of fused-ring (bicyclic) bond motifs is 8. The van der Waals surface area contributed by atoms with Crippen molar-refractivity contribution in [1.29, 1.82) is 0 Å². The van der Waals surface area contributed by atoms with Crippen molar-refractivity contribution in [3.63, 3.8) is 0 Å². The molecule has 0 unspecified atom stereocenters. The van der Waals surface area contributed by atoms with Gasteiger partial charge >= 0.3 is 0 Å². The van der Waals surface area contributed by atoms with Gasteiger partial charge < -0.3 is 4.57 Å². The van der Waals surface area contributed by atoms with Gasteiger partial charge in [0.2, 0.25) is 0 Å². The van der Waals surface area contributed by atoms with Crippen molar-refractivity contribution in [2.75, 3.05) is 0 Å². The minimum Gasteiger partial charge on any atom is -0.309 e. The maximum atomic E-state index is 5.58. The molecule has 2 nitrogen and oxygen atoms in total. The lowest BCUT2D eigenvalue weighted by atomic mass is 9.90.